The lowest BCUT2D eigenvalue weighted by molar-refractivity contribution is -0.137. The van der Waals surface area contributed by atoms with Crippen LogP contribution >= 0.6 is 0 Å². The number of aliphatic carboxylic acids is 1. The van der Waals surface area contributed by atoms with Crippen molar-refractivity contribution in [2.24, 2.45) is 0 Å². The summed E-state index contributed by atoms with van der Waals surface area (Å²) in [7, 11) is 0. The van der Waals surface area contributed by atoms with Gasteiger partial charge in [-0.2, -0.15) is 0 Å². The van der Waals surface area contributed by atoms with Gasteiger partial charge in [-0.25, -0.2) is 4.79 Å². The first-order valence-electron chi connectivity index (χ1n) is 9.51. The highest BCUT2D eigenvalue weighted by Crippen LogP contribution is 2.32. The summed E-state index contributed by atoms with van der Waals surface area (Å²) in [6.45, 7) is 0.452. The summed E-state index contributed by atoms with van der Waals surface area (Å²) in [4.78, 5) is 23.6. The third-order valence-corrected chi connectivity index (χ3v) is 5.30. The number of carbonyl (C=O) groups is 2. The fourth-order valence-corrected chi connectivity index (χ4v) is 4.05. The Labute approximate surface area is 163 Å². The number of amides is 2. The van der Waals surface area contributed by atoms with Gasteiger partial charge in [-0.05, 0) is 36.5 Å². The number of carboxylic acids is 1. The molecule has 3 N–H and O–H groups in total. The monoisotopic (exact) mass is 377 g/mol. The van der Waals surface area contributed by atoms with Crippen molar-refractivity contribution in [2.75, 3.05) is 0 Å². The Morgan fingerprint density at radius 3 is 2.61 bits per heavy atom. The van der Waals surface area contributed by atoms with E-state index in [9.17, 15) is 14.7 Å². The van der Waals surface area contributed by atoms with Crippen molar-refractivity contribution in [1.29, 1.82) is 0 Å². The van der Waals surface area contributed by atoms with Crippen LogP contribution in [0.3, 0.4) is 0 Å². The first-order valence-corrected chi connectivity index (χ1v) is 9.51. The number of carboxylic acid groups (broad SMARTS) is 1. The van der Waals surface area contributed by atoms with Crippen LogP contribution in [-0.4, -0.2) is 27.7 Å². The van der Waals surface area contributed by atoms with E-state index in [1.807, 2.05) is 59.2 Å². The Morgan fingerprint density at radius 2 is 1.82 bits per heavy atom. The van der Waals surface area contributed by atoms with Gasteiger partial charge in [0.15, 0.2) is 0 Å². The number of fused-ring (bicyclic) bond motifs is 3. The highest BCUT2D eigenvalue weighted by atomic mass is 16.4. The fraction of sp³-hybridized carbons (Fsp3) is 0.273. The van der Waals surface area contributed by atoms with Gasteiger partial charge < -0.3 is 20.3 Å². The number of hydrogen-bond donors (Lipinski definition) is 3. The van der Waals surface area contributed by atoms with Gasteiger partial charge in [0.05, 0.1) is 0 Å². The Balaban J connectivity index is 1.47. The van der Waals surface area contributed by atoms with Crippen LogP contribution in [-0.2, 0) is 30.7 Å². The maximum atomic E-state index is 12.3. The van der Waals surface area contributed by atoms with Crippen molar-refractivity contribution in [3.8, 4) is 0 Å². The molecule has 0 radical (unpaired) electrons. The van der Waals surface area contributed by atoms with E-state index in [0.29, 0.717) is 13.0 Å². The molecule has 1 aromatic heterocycles. The van der Waals surface area contributed by atoms with E-state index in [1.54, 1.807) is 0 Å². The molecule has 2 aromatic carbocycles. The molecule has 0 saturated heterocycles. The Hall–Kier alpha value is -3.28. The summed E-state index contributed by atoms with van der Waals surface area (Å²) in [6.07, 6.45) is 2.25. The zero-order valence-electron chi connectivity index (χ0n) is 15.5. The molecule has 0 unspecified atom stereocenters. The van der Waals surface area contributed by atoms with E-state index in [1.165, 1.54) is 0 Å². The molecule has 6 nitrogen and oxygen atoms in total. The van der Waals surface area contributed by atoms with Crippen LogP contribution in [0.4, 0.5) is 4.79 Å². The van der Waals surface area contributed by atoms with Crippen LogP contribution in [0.1, 0.15) is 23.2 Å². The van der Waals surface area contributed by atoms with Crippen molar-refractivity contribution in [2.45, 2.75) is 38.4 Å². The average Bonchev–Trinajstić information content (AvgIpc) is 3.00. The van der Waals surface area contributed by atoms with E-state index in [4.69, 9.17) is 0 Å². The second kappa shape index (κ2) is 7.76. The van der Waals surface area contributed by atoms with Gasteiger partial charge in [-0.15, -0.1) is 0 Å². The Kier molecular flexibility index (Phi) is 5.02. The van der Waals surface area contributed by atoms with E-state index in [0.717, 1.165) is 40.6 Å². The van der Waals surface area contributed by atoms with Crippen LogP contribution < -0.4 is 10.6 Å². The summed E-state index contributed by atoms with van der Waals surface area (Å²) >= 11 is 0. The van der Waals surface area contributed by atoms with Crippen LogP contribution in [0, 0.1) is 0 Å². The van der Waals surface area contributed by atoms with Crippen LogP contribution in [0.25, 0.3) is 10.9 Å². The molecule has 6 heteroatoms. The summed E-state index contributed by atoms with van der Waals surface area (Å²) in [5, 5.41) is 16.3. The average molecular weight is 377 g/mol. The summed E-state index contributed by atoms with van der Waals surface area (Å²) in [5.74, 6) is -0.843. The highest BCUT2D eigenvalue weighted by Gasteiger charge is 2.26. The summed E-state index contributed by atoms with van der Waals surface area (Å²) in [6, 6.07) is 17.6. The molecule has 28 heavy (non-hydrogen) atoms. The van der Waals surface area contributed by atoms with Gasteiger partial charge >= 0.3 is 12.0 Å². The van der Waals surface area contributed by atoms with Crippen LogP contribution in [0.5, 0.6) is 0 Å². The molecule has 1 atom stereocenters. The Morgan fingerprint density at radius 1 is 1.07 bits per heavy atom. The molecule has 144 valence electrons. The number of nitrogens with zero attached hydrogens (tertiary/aromatic N) is 1. The van der Waals surface area contributed by atoms with Gasteiger partial charge in [0, 0.05) is 29.2 Å². The molecule has 0 fully saturated rings. The normalized spacial score (nSPS) is 15.8. The number of para-hydroxylation sites is 1. The standard InChI is InChI=1S/C22H23N3O3/c26-21(27)14-25-19-9-5-4-8-17(19)18-12-16(10-11-20(18)25)24-22(28)23-13-15-6-2-1-3-7-15/h1-9,16H,10-14H2,(H,26,27)(H2,23,24,28)/t16-/m1/s1. The van der Waals surface area contributed by atoms with Gasteiger partial charge in [-0.1, -0.05) is 48.5 Å². The van der Waals surface area contributed by atoms with Crippen LogP contribution in [0.15, 0.2) is 54.6 Å². The smallest absolute Gasteiger partial charge is 0.323 e. The minimum absolute atomic E-state index is 0.0346. The second-order valence-electron chi connectivity index (χ2n) is 7.17. The lowest BCUT2D eigenvalue weighted by Crippen LogP contribution is -2.44. The minimum atomic E-state index is -0.843. The highest BCUT2D eigenvalue weighted by molar-refractivity contribution is 5.87. The number of nitrogens with one attached hydrogen (secondary N) is 2. The maximum Gasteiger partial charge on any atom is 0.323 e. The molecular weight excluding hydrogens is 354 g/mol. The minimum Gasteiger partial charge on any atom is -0.480 e. The van der Waals surface area contributed by atoms with Gasteiger partial charge in [0.25, 0.3) is 0 Å². The second-order valence-corrected chi connectivity index (χ2v) is 7.17. The molecule has 0 aliphatic heterocycles. The number of rotatable bonds is 5. The molecule has 1 aliphatic rings. The summed E-state index contributed by atoms with van der Waals surface area (Å²) < 4.78 is 1.90. The van der Waals surface area contributed by atoms with Crippen molar-refractivity contribution in [3.63, 3.8) is 0 Å². The predicted molar refractivity (Wildman–Crippen MR) is 107 cm³/mol. The van der Waals surface area contributed by atoms with Gasteiger partial charge in [0.2, 0.25) is 0 Å². The number of aromatic nitrogens is 1. The first-order chi connectivity index (χ1) is 13.6. The lowest BCUT2D eigenvalue weighted by Gasteiger charge is -2.25. The molecular formula is C22H23N3O3. The van der Waals surface area contributed by atoms with E-state index in [2.05, 4.69) is 10.6 Å². The zero-order valence-corrected chi connectivity index (χ0v) is 15.5. The quantitative estimate of drug-likeness (QED) is 0.639. The predicted octanol–water partition coefficient (Wildman–Crippen LogP) is 3.08. The Bertz CT molecular complexity index is 1010. The number of urea groups is 1. The molecule has 3 aromatic rings. The van der Waals surface area contributed by atoms with E-state index in [-0.39, 0.29) is 18.6 Å². The van der Waals surface area contributed by atoms with Gasteiger partial charge in [-0.3, -0.25) is 4.79 Å². The van der Waals surface area contributed by atoms with E-state index >= 15 is 0 Å². The summed E-state index contributed by atoms with van der Waals surface area (Å²) in [5.41, 5.74) is 4.23. The third-order valence-electron chi connectivity index (χ3n) is 5.30. The molecule has 0 spiro atoms. The molecule has 0 bridgehead atoms. The number of carbonyl (C=O) groups excluding carboxylic acids is 1. The number of hydrogen-bond acceptors (Lipinski definition) is 2. The molecule has 1 aliphatic carbocycles. The molecule has 0 saturated carbocycles. The molecule has 1 heterocycles. The molecule has 4 rings (SSSR count). The van der Waals surface area contributed by atoms with Crippen molar-refractivity contribution in [1.82, 2.24) is 15.2 Å². The van der Waals surface area contributed by atoms with Crippen molar-refractivity contribution in [3.05, 3.63) is 71.4 Å². The third kappa shape index (κ3) is 3.71. The van der Waals surface area contributed by atoms with Crippen LogP contribution in [0.2, 0.25) is 0 Å². The van der Waals surface area contributed by atoms with Gasteiger partial charge in [0.1, 0.15) is 6.54 Å². The molecule has 2 amide bonds. The topological polar surface area (TPSA) is 83.4 Å². The lowest BCUT2D eigenvalue weighted by atomic mass is 9.91. The maximum absolute atomic E-state index is 12.3. The van der Waals surface area contributed by atoms with Crippen molar-refractivity contribution >= 4 is 22.9 Å². The zero-order chi connectivity index (χ0) is 19.5. The first kappa shape index (κ1) is 18.1. The number of benzene rings is 2. The van der Waals surface area contributed by atoms with E-state index < -0.39 is 5.97 Å². The van der Waals surface area contributed by atoms with Crippen molar-refractivity contribution < 1.29 is 14.7 Å². The fourth-order valence-electron chi connectivity index (χ4n) is 4.05. The largest absolute Gasteiger partial charge is 0.480 e. The SMILES string of the molecule is O=C(O)Cn1c2c(c3ccccc31)C[C@H](NC(=O)NCc1ccccc1)CC2.